The molecule has 0 aromatic heterocycles. The minimum Gasteiger partial charge on any atom is -0.264 e. The van der Waals surface area contributed by atoms with Crippen LogP contribution in [-0.2, 0) is 19.6 Å². The summed E-state index contributed by atoms with van der Waals surface area (Å²) >= 11 is 0. The van der Waals surface area contributed by atoms with Crippen molar-refractivity contribution < 1.29 is 19.6 Å². The Labute approximate surface area is 109 Å². The molecule has 0 saturated carbocycles. The van der Waals surface area contributed by atoms with Crippen LogP contribution >= 0.6 is 0 Å². The SMILES string of the molecule is C/C=C/C=C/C(=O)OOOC(C)(C)CC(C)(C)C. The van der Waals surface area contributed by atoms with Crippen LogP contribution in [0.5, 0.6) is 0 Å². The highest BCUT2D eigenvalue weighted by molar-refractivity contribution is 5.81. The Morgan fingerprint density at radius 2 is 1.72 bits per heavy atom. The van der Waals surface area contributed by atoms with E-state index in [1.807, 2.05) is 20.8 Å². The summed E-state index contributed by atoms with van der Waals surface area (Å²) in [5.41, 5.74) is -0.422. The van der Waals surface area contributed by atoms with Crippen LogP contribution in [0.2, 0.25) is 0 Å². The Balaban J connectivity index is 4.00. The zero-order valence-corrected chi connectivity index (χ0v) is 12.1. The maximum absolute atomic E-state index is 11.1. The van der Waals surface area contributed by atoms with E-state index < -0.39 is 11.6 Å². The monoisotopic (exact) mass is 256 g/mol. The molecule has 0 bridgehead atoms. The third-order valence-electron chi connectivity index (χ3n) is 1.87. The molecule has 0 aromatic carbocycles. The molecule has 104 valence electrons. The summed E-state index contributed by atoms with van der Waals surface area (Å²) in [7, 11) is 0. The van der Waals surface area contributed by atoms with Crippen molar-refractivity contribution >= 4 is 5.97 Å². The first-order valence-corrected chi connectivity index (χ1v) is 6.02. The first kappa shape index (κ1) is 16.9. The minimum atomic E-state index is -0.611. The van der Waals surface area contributed by atoms with Crippen LogP contribution in [0.1, 0.15) is 48.0 Å². The lowest BCUT2D eigenvalue weighted by molar-refractivity contribution is -0.517. The van der Waals surface area contributed by atoms with Crippen molar-refractivity contribution in [2.45, 2.75) is 53.6 Å². The van der Waals surface area contributed by atoms with Gasteiger partial charge < -0.3 is 0 Å². The third-order valence-corrected chi connectivity index (χ3v) is 1.87. The van der Waals surface area contributed by atoms with Crippen LogP contribution in [0.3, 0.4) is 0 Å². The molecule has 0 aliphatic carbocycles. The number of allylic oxidation sites excluding steroid dienone is 3. The molecule has 4 nitrogen and oxygen atoms in total. The van der Waals surface area contributed by atoms with Gasteiger partial charge in [-0.2, -0.15) is 4.89 Å². The molecule has 4 heteroatoms. The van der Waals surface area contributed by atoms with Gasteiger partial charge in [0.05, 0.1) is 0 Å². The first-order chi connectivity index (χ1) is 8.16. The highest BCUT2D eigenvalue weighted by Gasteiger charge is 2.28. The fourth-order valence-corrected chi connectivity index (χ4v) is 1.72. The second kappa shape index (κ2) is 7.34. The number of carbonyl (C=O) groups excluding carboxylic acids is 1. The van der Waals surface area contributed by atoms with Gasteiger partial charge in [0.25, 0.3) is 0 Å². The Hall–Kier alpha value is -1.13. The summed E-state index contributed by atoms with van der Waals surface area (Å²) < 4.78 is 0. The fraction of sp³-hybridized carbons (Fsp3) is 0.643. The summed E-state index contributed by atoms with van der Waals surface area (Å²) in [5.74, 6) is -0.611. The molecule has 0 fully saturated rings. The second-order valence-electron chi connectivity index (χ2n) is 5.94. The van der Waals surface area contributed by atoms with Crippen LogP contribution < -0.4 is 0 Å². The predicted octanol–water partition coefficient (Wildman–Crippen LogP) is 3.74. The average Bonchev–Trinajstić information content (AvgIpc) is 2.13. The van der Waals surface area contributed by atoms with Gasteiger partial charge in [0.1, 0.15) is 5.60 Å². The lowest BCUT2D eigenvalue weighted by Crippen LogP contribution is -2.30. The first-order valence-electron chi connectivity index (χ1n) is 6.02. The molecule has 0 amide bonds. The van der Waals surface area contributed by atoms with Gasteiger partial charge in [0.2, 0.25) is 0 Å². The molecule has 0 aliphatic heterocycles. The number of carbonyl (C=O) groups is 1. The molecule has 0 spiro atoms. The van der Waals surface area contributed by atoms with E-state index in [1.54, 1.807) is 18.2 Å². The van der Waals surface area contributed by atoms with Gasteiger partial charge in [-0.1, -0.05) is 39.0 Å². The predicted molar refractivity (Wildman–Crippen MR) is 70.4 cm³/mol. The lowest BCUT2D eigenvalue weighted by atomic mass is 9.84. The molecule has 0 heterocycles. The van der Waals surface area contributed by atoms with Crippen LogP contribution in [0.15, 0.2) is 24.3 Å². The van der Waals surface area contributed by atoms with Crippen molar-refractivity contribution in [3.8, 4) is 0 Å². The number of hydrogen-bond acceptors (Lipinski definition) is 4. The van der Waals surface area contributed by atoms with Crippen LogP contribution in [-0.4, -0.2) is 11.6 Å². The van der Waals surface area contributed by atoms with Crippen molar-refractivity contribution in [2.75, 3.05) is 0 Å². The van der Waals surface area contributed by atoms with E-state index in [0.717, 1.165) is 6.42 Å². The van der Waals surface area contributed by atoms with Gasteiger partial charge in [0, 0.05) is 6.08 Å². The smallest absolute Gasteiger partial charge is 0.264 e. The quantitative estimate of drug-likeness (QED) is 0.314. The van der Waals surface area contributed by atoms with E-state index in [2.05, 4.69) is 30.7 Å². The zero-order valence-electron chi connectivity index (χ0n) is 12.1. The van der Waals surface area contributed by atoms with Gasteiger partial charge in [-0.15, -0.1) is 0 Å². The van der Waals surface area contributed by atoms with E-state index in [4.69, 9.17) is 4.89 Å². The molecule has 0 unspecified atom stereocenters. The molecule has 0 aromatic rings. The van der Waals surface area contributed by atoms with E-state index in [1.165, 1.54) is 6.08 Å². The van der Waals surface area contributed by atoms with E-state index in [0.29, 0.717) is 0 Å². The fourth-order valence-electron chi connectivity index (χ4n) is 1.72. The Morgan fingerprint density at radius 3 is 2.22 bits per heavy atom. The number of hydrogen-bond donors (Lipinski definition) is 0. The average molecular weight is 256 g/mol. The van der Waals surface area contributed by atoms with E-state index >= 15 is 0 Å². The highest BCUT2D eigenvalue weighted by Crippen LogP contribution is 2.29. The van der Waals surface area contributed by atoms with Crippen LogP contribution in [0, 0.1) is 5.41 Å². The number of rotatable bonds is 6. The van der Waals surface area contributed by atoms with Crippen molar-refractivity contribution in [3.05, 3.63) is 24.3 Å². The van der Waals surface area contributed by atoms with Crippen molar-refractivity contribution in [1.29, 1.82) is 0 Å². The van der Waals surface area contributed by atoms with E-state index in [-0.39, 0.29) is 5.41 Å². The molecule has 0 atom stereocenters. The molecule has 0 rings (SSSR count). The van der Waals surface area contributed by atoms with Gasteiger partial charge in [0.15, 0.2) is 0 Å². The molecular weight excluding hydrogens is 232 g/mol. The topological polar surface area (TPSA) is 44.8 Å². The summed E-state index contributed by atoms with van der Waals surface area (Å²) in [6.07, 6.45) is 7.09. The molecule has 18 heavy (non-hydrogen) atoms. The highest BCUT2D eigenvalue weighted by atomic mass is 17.5. The van der Waals surface area contributed by atoms with Crippen molar-refractivity contribution in [3.63, 3.8) is 0 Å². The zero-order chi connectivity index (χ0) is 14.2. The molecule has 0 aliphatic rings. The summed E-state index contributed by atoms with van der Waals surface area (Å²) in [4.78, 5) is 20.7. The van der Waals surface area contributed by atoms with Crippen LogP contribution in [0.25, 0.3) is 0 Å². The molecule has 0 N–H and O–H groups in total. The summed E-state index contributed by atoms with van der Waals surface area (Å²) in [6, 6.07) is 0. The molecule has 0 saturated heterocycles. The minimum absolute atomic E-state index is 0.0999. The summed E-state index contributed by atoms with van der Waals surface area (Å²) in [6.45, 7) is 11.9. The largest absolute Gasteiger partial charge is 0.369 e. The maximum atomic E-state index is 11.1. The lowest BCUT2D eigenvalue weighted by Gasteiger charge is -2.29. The maximum Gasteiger partial charge on any atom is 0.369 e. The van der Waals surface area contributed by atoms with Crippen LogP contribution in [0.4, 0.5) is 0 Å². The van der Waals surface area contributed by atoms with Crippen molar-refractivity contribution in [2.24, 2.45) is 5.41 Å². The summed E-state index contributed by atoms with van der Waals surface area (Å²) in [5, 5.41) is 4.51. The van der Waals surface area contributed by atoms with Gasteiger partial charge in [-0.05, 0) is 37.6 Å². The normalized spacial score (nSPS) is 13.4. The third kappa shape index (κ3) is 10.1. The standard InChI is InChI=1S/C14H24O4/c1-7-8-9-10-12(15)16-18-17-14(5,6)11-13(2,3)4/h7-10H,11H2,1-6H3/b8-7+,10-9+. The Morgan fingerprint density at radius 1 is 1.11 bits per heavy atom. The Kier molecular flexibility index (Phi) is 6.88. The van der Waals surface area contributed by atoms with Gasteiger partial charge >= 0.3 is 5.97 Å². The second-order valence-corrected chi connectivity index (χ2v) is 5.94. The Bertz CT molecular complexity index is 308. The van der Waals surface area contributed by atoms with E-state index in [9.17, 15) is 4.79 Å². The molecule has 0 radical (unpaired) electrons. The van der Waals surface area contributed by atoms with Crippen molar-refractivity contribution in [1.82, 2.24) is 0 Å². The van der Waals surface area contributed by atoms with Gasteiger partial charge in [-0.25, -0.2) is 4.79 Å². The molecular formula is C14H24O4. The van der Waals surface area contributed by atoms with Gasteiger partial charge in [-0.3, -0.25) is 4.89 Å².